The number of unbranched alkanes of at least 4 members (excludes halogenated alkanes) is 7. The minimum atomic E-state index is -0.0490. The summed E-state index contributed by atoms with van der Waals surface area (Å²) in [6.45, 7) is 3.24. The molecule has 0 aliphatic carbocycles. The molecule has 0 bridgehead atoms. The summed E-state index contributed by atoms with van der Waals surface area (Å²) < 4.78 is 9.87. The van der Waals surface area contributed by atoms with Gasteiger partial charge in [-0.1, -0.05) is 38.5 Å². The predicted molar refractivity (Wildman–Crippen MR) is 70.1 cm³/mol. The molecule has 0 amide bonds. The van der Waals surface area contributed by atoms with Crippen molar-refractivity contribution in [1.29, 1.82) is 0 Å². The molecule has 0 aromatic rings. The first kappa shape index (κ1) is 16.4. The maximum absolute atomic E-state index is 11.0. The van der Waals surface area contributed by atoms with Crippen LogP contribution in [-0.2, 0) is 14.3 Å². The Kier molecular flexibility index (Phi) is 13.0. The van der Waals surface area contributed by atoms with Gasteiger partial charge in [-0.25, -0.2) is 0 Å². The van der Waals surface area contributed by atoms with Gasteiger partial charge in [-0.15, -0.1) is 0 Å². The monoisotopic (exact) mass is 244 g/mol. The number of rotatable bonds is 12. The summed E-state index contributed by atoms with van der Waals surface area (Å²) in [5.41, 5.74) is 0. The van der Waals surface area contributed by atoms with Gasteiger partial charge in [0.05, 0.1) is 6.61 Å². The summed E-state index contributed by atoms with van der Waals surface area (Å²) in [4.78, 5) is 11.0. The van der Waals surface area contributed by atoms with E-state index in [4.69, 9.17) is 9.47 Å². The van der Waals surface area contributed by atoms with Crippen molar-refractivity contribution in [1.82, 2.24) is 0 Å². The van der Waals surface area contributed by atoms with Crippen LogP contribution in [0.15, 0.2) is 0 Å². The summed E-state index contributed by atoms with van der Waals surface area (Å²) in [7, 11) is 1.75. The molecule has 0 spiro atoms. The molecule has 0 aromatic carbocycles. The predicted octanol–water partition coefficient (Wildman–Crippen LogP) is 3.71. The SMILES string of the molecule is CCOC(=O)CCCCCCCCCCOC. The van der Waals surface area contributed by atoms with E-state index in [2.05, 4.69) is 0 Å². The van der Waals surface area contributed by atoms with Crippen molar-refractivity contribution in [3.8, 4) is 0 Å². The number of hydrogen-bond donors (Lipinski definition) is 0. The van der Waals surface area contributed by atoms with Gasteiger partial charge in [0.25, 0.3) is 0 Å². The maximum Gasteiger partial charge on any atom is 0.305 e. The highest BCUT2D eigenvalue weighted by molar-refractivity contribution is 5.69. The molecule has 0 fully saturated rings. The number of carbonyl (C=O) groups is 1. The van der Waals surface area contributed by atoms with Gasteiger partial charge in [-0.2, -0.15) is 0 Å². The van der Waals surface area contributed by atoms with Gasteiger partial charge >= 0.3 is 5.97 Å². The third-order valence-electron chi connectivity index (χ3n) is 2.78. The molecule has 0 saturated heterocycles. The van der Waals surface area contributed by atoms with E-state index in [-0.39, 0.29) is 5.97 Å². The second-order valence-electron chi connectivity index (χ2n) is 4.38. The Morgan fingerprint density at radius 3 is 1.94 bits per heavy atom. The highest BCUT2D eigenvalue weighted by atomic mass is 16.5. The molecule has 0 unspecified atom stereocenters. The van der Waals surface area contributed by atoms with Gasteiger partial charge in [-0.05, 0) is 19.8 Å². The molecule has 0 rings (SSSR count). The first-order chi connectivity index (χ1) is 8.31. The number of carbonyl (C=O) groups excluding carboxylic acids is 1. The van der Waals surface area contributed by atoms with Crippen LogP contribution in [0.3, 0.4) is 0 Å². The summed E-state index contributed by atoms with van der Waals surface area (Å²) in [6.07, 6.45) is 10.3. The van der Waals surface area contributed by atoms with Gasteiger partial charge in [0.1, 0.15) is 0 Å². The Hall–Kier alpha value is -0.570. The molecule has 0 saturated carbocycles. The van der Waals surface area contributed by atoms with E-state index >= 15 is 0 Å². The molecule has 3 heteroatoms. The molecule has 0 atom stereocenters. The summed E-state index contributed by atoms with van der Waals surface area (Å²) >= 11 is 0. The molecule has 3 nitrogen and oxygen atoms in total. The lowest BCUT2D eigenvalue weighted by Gasteiger charge is -2.03. The zero-order valence-electron chi connectivity index (χ0n) is 11.5. The van der Waals surface area contributed by atoms with Gasteiger partial charge in [-0.3, -0.25) is 4.79 Å². The van der Waals surface area contributed by atoms with Crippen LogP contribution in [0.25, 0.3) is 0 Å². The van der Waals surface area contributed by atoms with Crippen LogP contribution in [0.2, 0.25) is 0 Å². The van der Waals surface area contributed by atoms with Crippen LogP contribution >= 0.6 is 0 Å². The topological polar surface area (TPSA) is 35.5 Å². The van der Waals surface area contributed by atoms with Crippen molar-refractivity contribution < 1.29 is 14.3 Å². The quantitative estimate of drug-likeness (QED) is 0.388. The number of ether oxygens (including phenoxy) is 2. The van der Waals surface area contributed by atoms with E-state index in [1.807, 2.05) is 6.92 Å². The molecular formula is C14H28O3. The standard InChI is InChI=1S/C14H28O3/c1-3-17-14(15)12-10-8-6-4-5-7-9-11-13-16-2/h3-13H2,1-2H3. The van der Waals surface area contributed by atoms with Crippen molar-refractivity contribution in [2.45, 2.75) is 64.7 Å². The first-order valence-electron chi connectivity index (χ1n) is 6.95. The lowest BCUT2D eigenvalue weighted by molar-refractivity contribution is -0.143. The highest BCUT2D eigenvalue weighted by Gasteiger charge is 2.00. The van der Waals surface area contributed by atoms with Crippen molar-refractivity contribution in [2.24, 2.45) is 0 Å². The van der Waals surface area contributed by atoms with Crippen LogP contribution in [0.4, 0.5) is 0 Å². The molecule has 0 aliphatic rings. The summed E-state index contributed by atoms with van der Waals surface area (Å²) in [6, 6.07) is 0. The van der Waals surface area contributed by atoms with Gasteiger partial charge in [0.2, 0.25) is 0 Å². The fourth-order valence-electron chi connectivity index (χ4n) is 1.81. The minimum Gasteiger partial charge on any atom is -0.466 e. The fourth-order valence-corrected chi connectivity index (χ4v) is 1.81. The molecule has 0 heterocycles. The van der Waals surface area contributed by atoms with Crippen LogP contribution in [0.1, 0.15) is 64.7 Å². The van der Waals surface area contributed by atoms with Crippen LogP contribution in [0.5, 0.6) is 0 Å². The third-order valence-corrected chi connectivity index (χ3v) is 2.78. The molecule has 0 N–H and O–H groups in total. The van der Waals surface area contributed by atoms with Gasteiger partial charge in [0, 0.05) is 20.1 Å². The van der Waals surface area contributed by atoms with Crippen LogP contribution in [0, 0.1) is 0 Å². The summed E-state index contributed by atoms with van der Waals surface area (Å²) in [5, 5.41) is 0. The van der Waals surface area contributed by atoms with Gasteiger partial charge in [0.15, 0.2) is 0 Å². The minimum absolute atomic E-state index is 0.0490. The van der Waals surface area contributed by atoms with Crippen molar-refractivity contribution in [2.75, 3.05) is 20.3 Å². The van der Waals surface area contributed by atoms with E-state index in [1.165, 1.54) is 38.5 Å². The molecule has 0 aliphatic heterocycles. The normalized spacial score (nSPS) is 10.5. The molecule has 17 heavy (non-hydrogen) atoms. The van der Waals surface area contributed by atoms with E-state index < -0.39 is 0 Å². The number of hydrogen-bond acceptors (Lipinski definition) is 3. The number of methoxy groups -OCH3 is 1. The molecule has 102 valence electrons. The van der Waals surface area contributed by atoms with E-state index in [1.54, 1.807) is 7.11 Å². The Balaban J connectivity index is 3.01. The number of esters is 1. The molecular weight excluding hydrogens is 216 g/mol. The largest absolute Gasteiger partial charge is 0.466 e. The lowest BCUT2D eigenvalue weighted by atomic mass is 10.1. The Morgan fingerprint density at radius 2 is 1.41 bits per heavy atom. The van der Waals surface area contributed by atoms with Crippen LogP contribution < -0.4 is 0 Å². The zero-order valence-corrected chi connectivity index (χ0v) is 11.5. The third kappa shape index (κ3) is 13.4. The second kappa shape index (κ2) is 13.5. The van der Waals surface area contributed by atoms with E-state index in [9.17, 15) is 4.79 Å². The second-order valence-corrected chi connectivity index (χ2v) is 4.38. The average Bonchev–Trinajstić information content (AvgIpc) is 2.32. The highest BCUT2D eigenvalue weighted by Crippen LogP contribution is 2.10. The van der Waals surface area contributed by atoms with E-state index in [0.29, 0.717) is 13.0 Å². The molecule has 0 radical (unpaired) electrons. The Labute approximate surface area is 106 Å². The van der Waals surface area contributed by atoms with E-state index in [0.717, 1.165) is 19.4 Å². The van der Waals surface area contributed by atoms with Crippen molar-refractivity contribution in [3.63, 3.8) is 0 Å². The maximum atomic E-state index is 11.0. The average molecular weight is 244 g/mol. The van der Waals surface area contributed by atoms with Crippen molar-refractivity contribution >= 4 is 5.97 Å². The van der Waals surface area contributed by atoms with Crippen LogP contribution in [-0.4, -0.2) is 26.3 Å². The first-order valence-corrected chi connectivity index (χ1v) is 6.95. The van der Waals surface area contributed by atoms with Crippen molar-refractivity contribution in [3.05, 3.63) is 0 Å². The fraction of sp³-hybridized carbons (Fsp3) is 0.929. The molecule has 0 aromatic heterocycles. The summed E-state index contributed by atoms with van der Waals surface area (Å²) in [5.74, 6) is -0.0490. The smallest absolute Gasteiger partial charge is 0.305 e. The zero-order chi connectivity index (χ0) is 12.8. The Bertz CT molecular complexity index is 169. The Morgan fingerprint density at radius 1 is 0.882 bits per heavy atom. The lowest BCUT2D eigenvalue weighted by Crippen LogP contribution is -2.03. The van der Waals surface area contributed by atoms with Gasteiger partial charge < -0.3 is 9.47 Å².